The van der Waals surface area contributed by atoms with Crippen LogP contribution in [0.4, 0.5) is 5.82 Å². The first kappa shape index (κ1) is 12.8. The molecule has 5 heteroatoms. The minimum Gasteiger partial charge on any atom is -0.480 e. The molecule has 1 aliphatic rings. The fraction of sp³-hybridized carbons (Fsp3) is 0.615. The molecule has 0 aromatic carbocycles. The van der Waals surface area contributed by atoms with Crippen molar-refractivity contribution in [3.8, 4) is 0 Å². The van der Waals surface area contributed by atoms with Crippen LogP contribution in [-0.2, 0) is 4.79 Å². The Morgan fingerprint density at radius 1 is 1.39 bits per heavy atom. The van der Waals surface area contributed by atoms with Gasteiger partial charge >= 0.3 is 5.97 Å². The maximum absolute atomic E-state index is 11.0. The van der Waals surface area contributed by atoms with Crippen molar-refractivity contribution in [3.05, 3.63) is 17.6 Å². The van der Waals surface area contributed by atoms with Gasteiger partial charge in [-0.1, -0.05) is 12.8 Å². The summed E-state index contributed by atoms with van der Waals surface area (Å²) in [5.74, 6) is -0.130. The Balaban J connectivity index is 2.26. The summed E-state index contributed by atoms with van der Waals surface area (Å²) in [5, 5.41) is 9.04. The average molecular weight is 249 g/mol. The summed E-state index contributed by atoms with van der Waals surface area (Å²) in [4.78, 5) is 21.6. The number of hydrogen-bond donors (Lipinski definition) is 1. The summed E-state index contributed by atoms with van der Waals surface area (Å²) in [6, 6.07) is 0.289. The molecule has 1 aliphatic carbocycles. The molecule has 0 unspecified atom stereocenters. The molecule has 0 saturated heterocycles. The molecule has 1 heterocycles. The van der Waals surface area contributed by atoms with Gasteiger partial charge in [0.05, 0.1) is 17.6 Å². The zero-order valence-corrected chi connectivity index (χ0v) is 10.9. The molecule has 0 amide bonds. The minimum atomic E-state index is -0.818. The Labute approximate surface area is 107 Å². The fourth-order valence-electron chi connectivity index (χ4n) is 2.43. The van der Waals surface area contributed by atoms with Gasteiger partial charge in [0.2, 0.25) is 0 Å². The number of hydrogen-bond acceptors (Lipinski definition) is 4. The van der Waals surface area contributed by atoms with E-state index in [-0.39, 0.29) is 12.6 Å². The van der Waals surface area contributed by atoms with Crippen molar-refractivity contribution in [2.24, 2.45) is 0 Å². The number of nitrogens with zero attached hydrogens (tertiary/aromatic N) is 3. The highest BCUT2D eigenvalue weighted by molar-refractivity contribution is 5.73. The minimum absolute atomic E-state index is 0.00183. The summed E-state index contributed by atoms with van der Waals surface area (Å²) in [6.45, 7) is 3.81. The molecule has 0 spiro atoms. The average Bonchev–Trinajstić information content (AvgIpc) is 2.83. The number of carboxylic acid groups (broad SMARTS) is 1. The van der Waals surface area contributed by atoms with Crippen LogP contribution in [0.5, 0.6) is 0 Å². The van der Waals surface area contributed by atoms with E-state index >= 15 is 0 Å². The molecule has 98 valence electrons. The highest BCUT2D eigenvalue weighted by Crippen LogP contribution is 2.27. The lowest BCUT2D eigenvalue weighted by Crippen LogP contribution is -2.38. The van der Waals surface area contributed by atoms with Gasteiger partial charge in [-0.05, 0) is 26.7 Å². The van der Waals surface area contributed by atoms with Gasteiger partial charge in [-0.15, -0.1) is 0 Å². The summed E-state index contributed by atoms with van der Waals surface area (Å²) in [6.07, 6.45) is 6.10. The zero-order valence-electron chi connectivity index (χ0n) is 10.9. The van der Waals surface area contributed by atoms with Gasteiger partial charge in [0.15, 0.2) is 0 Å². The van der Waals surface area contributed by atoms with E-state index in [4.69, 9.17) is 5.11 Å². The van der Waals surface area contributed by atoms with Crippen LogP contribution in [0, 0.1) is 13.8 Å². The van der Waals surface area contributed by atoms with Gasteiger partial charge in [0.25, 0.3) is 0 Å². The number of aromatic nitrogens is 2. The van der Waals surface area contributed by atoms with Crippen molar-refractivity contribution in [2.45, 2.75) is 45.6 Å². The number of rotatable bonds is 4. The van der Waals surface area contributed by atoms with E-state index in [0.29, 0.717) is 5.82 Å². The quantitative estimate of drug-likeness (QED) is 0.883. The largest absolute Gasteiger partial charge is 0.480 e. The number of aryl methyl sites for hydroxylation is 2. The van der Waals surface area contributed by atoms with Crippen LogP contribution in [-0.4, -0.2) is 33.6 Å². The van der Waals surface area contributed by atoms with Crippen molar-refractivity contribution in [1.29, 1.82) is 0 Å². The molecule has 18 heavy (non-hydrogen) atoms. The standard InChI is InChI=1S/C13H19N3O2/c1-9-10(2)15-12(7-14-9)16(8-13(17)18)11-5-3-4-6-11/h7,11H,3-6,8H2,1-2H3,(H,17,18). The third-order valence-corrected chi connectivity index (χ3v) is 3.54. The molecule has 1 saturated carbocycles. The second kappa shape index (κ2) is 5.33. The maximum Gasteiger partial charge on any atom is 0.323 e. The van der Waals surface area contributed by atoms with E-state index in [1.165, 1.54) is 12.8 Å². The maximum atomic E-state index is 11.0. The molecule has 0 radical (unpaired) electrons. The smallest absolute Gasteiger partial charge is 0.323 e. The van der Waals surface area contributed by atoms with E-state index in [9.17, 15) is 4.79 Å². The van der Waals surface area contributed by atoms with E-state index in [2.05, 4.69) is 9.97 Å². The molecule has 1 aromatic rings. The Bertz CT molecular complexity index is 442. The normalized spacial score (nSPS) is 15.9. The SMILES string of the molecule is Cc1ncc(N(CC(=O)O)C2CCCC2)nc1C. The molecule has 0 aliphatic heterocycles. The molecule has 2 rings (SSSR count). The number of anilines is 1. The molecule has 0 bridgehead atoms. The van der Waals surface area contributed by atoms with Crippen molar-refractivity contribution < 1.29 is 9.90 Å². The molecule has 5 nitrogen and oxygen atoms in total. The second-order valence-corrected chi connectivity index (χ2v) is 4.86. The third kappa shape index (κ3) is 2.78. The lowest BCUT2D eigenvalue weighted by molar-refractivity contribution is -0.135. The van der Waals surface area contributed by atoms with Crippen LogP contribution in [0.3, 0.4) is 0 Å². The van der Waals surface area contributed by atoms with Gasteiger partial charge in [-0.3, -0.25) is 9.78 Å². The first-order valence-electron chi connectivity index (χ1n) is 6.36. The van der Waals surface area contributed by atoms with Crippen LogP contribution in [0.1, 0.15) is 37.1 Å². The van der Waals surface area contributed by atoms with E-state index < -0.39 is 5.97 Å². The highest BCUT2D eigenvalue weighted by Gasteiger charge is 2.25. The Hall–Kier alpha value is -1.65. The van der Waals surface area contributed by atoms with Crippen molar-refractivity contribution >= 4 is 11.8 Å². The third-order valence-electron chi connectivity index (χ3n) is 3.54. The zero-order chi connectivity index (χ0) is 13.1. The summed E-state index contributed by atoms with van der Waals surface area (Å²) >= 11 is 0. The topological polar surface area (TPSA) is 66.3 Å². The second-order valence-electron chi connectivity index (χ2n) is 4.86. The van der Waals surface area contributed by atoms with Crippen molar-refractivity contribution in [1.82, 2.24) is 9.97 Å². The van der Waals surface area contributed by atoms with Crippen LogP contribution < -0.4 is 4.90 Å². The molecular formula is C13H19N3O2. The first-order chi connectivity index (χ1) is 8.58. The van der Waals surface area contributed by atoms with Crippen LogP contribution >= 0.6 is 0 Å². The molecular weight excluding hydrogens is 230 g/mol. The lowest BCUT2D eigenvalue weighted by Gasteiger charge is -2.28. The predicted octanol–water partition coefficient (Wildman–Crippen LogP) is 1.93. The summed E-state index contributed by atoms with van der Waals surface area (Å²) < 4.78 is 0. The van der Waals surface area contributed by atoms with E-state index in [0.717, 1.165) is 24.2 Å². The summed E-state index contributed by atoms with van der Waals surface area (Å²) in [7, 11) is 0. The van der Waals surface area contributed by atoms with Crippen LogP contribution in [0.25, 0.3) is 0 Å². The van der Waals surface area contributed by atoms with Crippen LogP contribution in [0.2, 0.25) is 0 Å². The molecule has 1 N–H and O–H groups in total. The van der Waals surface area contributed by atoms with Gasteiger partial charge in [-0.25, -0.2) is 4.98 Å². The van der Waals surface area contributed by atoms with E-state index in [1.54, 1.807) is 6.20 Å². The number of carboxylic acids is 1. The van der Waals surface area contributed by atoms with E-state index in [1.807, 2.05) is 18.7 Å². The van der Waals surface area contributed by atoms with Gasteiger partial charge in [0, 0.05) is 6.04 Å². The van der Waals surface area contributed by atoms with Crippen LogP contribution in [0.15, 0.2) is 6.20 Å². The Morgan fingerprint density at radius 2 is 2.06 bits per heavy atom. The molecule has 1 aromatic heterocycles. The highest BCUT2D eigenvalue weighted by atomic mass is 16.4. The Kier molecular flexibility index (Phi) is 3.79. The number of aliphatic carboxylic acids is 1. The first-order valence-corrected chi connectivity index (χ1v) is 6.36. The monoisotopic (exact) mass is 249 g/mol. The molecule has 0 atom stereocenters. The lowest BCUT2D eigenvalue weighted by atomic mass is 10.2. The predicted molar refractivity (Wildman–Crippen MR) is 68.7 cm³/mol. The van der Waals surface area contributed by atoms with Gasteiger partial charge in [0.1, 0.15) is 12.4 Å². The van der Waals surface area contributed by atoms with Crippen molar-refractivity contribution in [2.75, 3.05) is 11.4 Å². The fourth-order valence-corrected chi connectivity index (χ4v) is 2.43. The van der Waals surface area contributed by atoms with Gasteiger partial charge < -0.3 is 10.0 Å². The van der Waals surface area contributed by atoms with Crippen molar-refractivity contribution in [3.63, 3.8) is 0 Å². The number of carbonyl (C=O) groups is 1. The molecule has 1 fully saturated rings. The summed E-state index contributed by atoms with van der Waals surface area (Å²) in [5.41, 5.74) is 1.75. The van der Waals surface area contributed by atoms with Gasteiger partial charge in [-0.2, -0.15) is 0 Å². The Morgan fingerprint density at radius 3 is 2.61 bits per heavy atom.